The van der Waals surface area contributed by atoms with Crippen LogP contribution in [0.2, 0.25) is 0 Å². The van der Waals surface area contributed by atoms with Crippen molar-refractivity contribution in [1.29, 1.82) is 0 Å². The molecule has 2 heterocycles. The molecule has 2 aliphatic heterocycles. The Labute approximate surface area is 235 Å². The summed E-state index contributed by atoms with van der Waals surface area (Å²) in [4.78, 5) is 3.23. The van der Waals surface area contributed by atoms with E-state index in [1.165, 1.54) is 64.2 Å². The zero-order chi connectivity index (χ0) is 25.1. The maximum absolute atomic E-state index is 4.13. The molecule has 10 atom stereocenters. The number of likely N-dealkylation sites (tertiary alicyclic amines) is 1. The molecule has 214 valence electrons. The Morgan fingerprint density at radius 2 is 0.921 bits per heavy atom. The lowest BCUT2D eigenvalue weighted by molar-refractivity contribution is 0.0432. The minimum absolute atomic E-state index is 0.897. The van der Waals surface area contributed by atoms with E-state index in [-0.39, 0.29) is 0 Å². The Morgan fingerprint density at radius 1 is 0.368 bits per heavy atom. The maximum Gasteiger partial charge on any atom is 0.0133 e. The van der Waals surface area contributed by atoms with Crippen molar-refractivity contribution in [3.05, 3.63) is 0 Å². The lowest BCUT2D eigenvalue weighted by atomic mass is 9.61. The van der Waals surface area contributed by atoms with Crippen molar-refractivity contribution in [3.8, 4) is 0 Å². The molecule has 2 nitrogen and oxygen atoms in total. The molecule has 38 heavy (non-hydrogen) atoms. The molecule has 0 aromatic rings. The molecule has 0 aromatic heterocycles. The summed E-state index contributed by atoms with van der Waals surface area (Å²) in [6.45, 7) is 0. The van der Waals surface area contributed by atoms with E-state index >= 15 is 0 Å². The molecular weight excluding hydrogens is 460 g/mol. The first-order chi connectivity index (χ1) is 18.8. The van der Waals surface area contributed by atoms with E-state index in [0.717, 1.165) is 77.6 Å². The summed E-state index contributed by atoms with van der Waals surface area (Å²) < 4.78 is 0. The van der Waals surface area contributed by atoms with E-state index in [1.54, 1.807) is 83.5 Å². The van der Waals surface area contributed by atoms with Gasteiger partial charge in [0.05, 0.1) is 0 Å². The molecule has 0 radical (unpaired) electrons. The number of fused-ring (bicyclic) bond motifs is 6. The predicted molar refractivity (Wildman–Crippen MR) is 158 cm³/mol. The topological polar surface area (TPSA) is 15.3 Å². The first-order valence-electron chi connectivity index (χ1n) is 18.4. The van der Waals surface area contributed by atoms with Gasteiger partial charge in [0.1, 0.15) is 0 Å². The van der Waals surface area contributed by atoms with Gasteiger partial charge < -0.3 is 5.32 Å². The van der Waals surface area contributed by atoms with Crippen LogP contribution in [0.1, 0.15) is 148 Å². The third-order valence-corrected chi connectivity index (χ3v) is 14.9. The van der Waals surface area contributed by atoms with Crippen LogP contribution in [0.25, 0.3) is 0 Å². The van der Waals surface area contributed by atoms with E-state index in [4.69, 9.17) is 0 Å². The van der Waals surface area contributed by atoms with Gasteiger partial charge in [-0.2, -0.15) is 0 Å². The predicted octanol–water partition coefficient (Wildman–Crippen LogP) is 8.73. The number of nitrogens with one attached hydrogen (secondary N) is 1. The Balaban J connectivity index is 0.882. The van der Waals surface area contributed by atoms with Crippen molar-refractivity contribution in [2.75, 3.05) is 0 Å². The van der Waals surface area contributed by atoms with Gasteiger partial charge in [-0.15, -0.1) is 0 Å². The number of hydrogen-bond acceptors (Lipinski definition) is 2. The van der Waals surface area contributed by atoms with Crippen LogP contribution in [-0.4, -0.2) is 35.1 Å². The third-order valence-electron chi connectivity index (χ3n) is 14.9. The lowest BCUT2D eigenvalue weighted by Crippen LogP contribution is -2.48. The second kappa shape index (κ2) is 11.0. The summed E-state index contributed by atoms with van der Waals surface area (Å²) in [5.74, 6) is 8.59. The molecule has 8 rings (SSSR count). The molecule has 8 fully saturated rings. The summed E-state index contributed by atoms with van der Waals surface area (Å²) in [6, 6.07) is 4.73. The highest BCUT2D eigenvalue weighted by atomic mass is 15.3. The van der Waals surface area contributed by atoms with Crippen molar-refractivity contribution >= 4 is 0 Å². The molecule has 0 amide bonds. The van der Waals surface area contributed by atoms with E-state index in [1.807, 2.05) is 0 Å². The van der Waals surface area contributed by atoms with Crippen molar-refractivity contribution in [2.45, 2.75) is 178 Å². The van der Waals surface area contributed by atoms with E-state index in [9.17, 15) is 0 Å². The second-order valence-corrected chi connectivity index (χ2v) is 16.3. The van der Waals surface area contributed by atoms with Crippen molar-refractivity contribution in [3.63, 3.8) is 0 Å². The SMILES string of the molecule is C1CCC(N2C3CCCCC3C3CC(C4CCC(C5CCC6NC7CCCCC7C6C5)CC4)CCC32)CC1. The molecule has 2 saturated heterocycles. The van der Waals surface area contributed by atoms with E-state index in [2.05, 4.69) is 10.2 Å². The largest absolute Gasteiger partial charge is 0.311 e. The fraction of sp³-hybridized carbons (Fsp3) is 1.00. The number of rotatable bonds is 3. The van der Waals surface area contributed by atoms with Crippen molar-refractivity contribution in [1.82, 2.24) is 10.2 Å². The first-order valence-corrected chi connectivity index (χ1v) is 18.4. The highest BCUT2D eigenvalue weighted by molar-refractivity contribution is 5.07. The number of hydrogen-bond donors (Lipinski definition) is 1. The van der Waals surface area contributed by atoms with Crippen molar-refractivity contribution in [2.24, 2.45) is 47.3 Å². The minimum Gasteiger partial charge on any atom is -0.311 e. The van der Waals surface area contributed by atoms with Crippen LogP contribution in [0, 0.1) is 47.3 Å². The van der Waals surface area contributed by atoms with Gasteiger partial charge in [0.15, 0.2) is 0 Å². The Hall–Kier alpha value is -0.0800. The molecule has 0 aromatic carbocycles. The average Bonchev–Trinajstić information content (AvgIpc) is 3.53. The average molecular weight is 521 g/mol. The molecule has 0 spiro atoms. The van der Waals surface area contributed by atoms with Crippen LogP contribution in [0.3, 0.4) is 0 Å². The summed E-state index contributed by atoms with van der Waals surface area (Å²) in [7, 11) is 0. The van der Waals surface area contributed by atoms with Gasteiger partial charge in [0.2, 0.25) is 0 Å². The van der Waals surface area contributed by atoms with Gasteiger partial charge >= 0.3 is 0 Å². The summed E-state index contributed by atoms with van der Waals surface area (Å²) >= 11 is 0. The Bertz CT molecular complexity index is 795. The second-order valence-electron chi connectivity index (χ2n) is 16.3. The molecule has 6 saturated carbocycles. The van der Waals surface area contributed by atoms with E-state index < -0.39 is 0 Å². The summed E-state index contributed by atoms with van der Waals surface area (Å²) in [6.07, 6.45) is 35.7. The molecule has 2 heteroatoms. The quantitative estimate of drug-likeness (QED) is 0.400. The Kier molecular flexibility index (Phi) is 7.39. The molecule has 1 N–H and O–H groups in total. The lowest BCUT2D eigenvalue weighted by Gasteiger charge is -2.46. The maximum atomic E-state index is 4.13. The van der Waals surface area contributed by atoms with Crippen LogP contribution in [-0.2, 0) is 0 Å². The van der Waals surface area contributed by atoms with E-state index in [0.29, 0.717) is 0 Å². The normalized spacial score (nSPS) is 52.1. The fourth-order valence-electron chi connectivity index (χ4n) is 13.2. The standard InChI is InChI=1S/C36H60N2/c1-2-8-28(9-3-1)38-35-13-7-5-11-30(35)32-23-27(19-21-36(32)38)25-16-14-24(15-17-25)26-18-20-34-31(22-26)29-10-4-6-12-33(29)37-34/h24-37H,1-23H2. The molecule has 6 aliphatic carbocycles. The molecular formula is C36H60N2. The molecule has 8 aliphatic rings. The van der Waals surface area contributed by atoms with Crippen molar-refractivity contribution < 1.29 is 0 Å². The highest BCUT2D eigenvalue weighted by Gasteiger charge is 2.54. The fourth-order valence-corrected chi connectivity index (χ4v) is 13.2. The van der Waals surface area contributed by atoms with Gasteiger partial charge in [-0.3, -0.25) is 4.90 Å². The van der Waals surface area contributed by atoms with Crippen LogP contribution in [0.4, 0.5) is 0 Å². The third kappa shape index (κ3) is 4.57. The molecule has 10 unspecified atom stereocenters. The van der Waals surface area contributed by atoms with Gasteiger partial charge in [-0.05, 0) is 150 Å². The van der Waals surface area contributed by atoms with Crippen LogP contribution in [0.15, 0.2) is 0 Å². The van der Waals surface area contributed by atoms with Gasteiger partial charge in [-0.25, -0.2) is 0 Å². The smallest absolute Gasteiger partial charge is 0.0133 e. The van der Waals surface area contributed by atoms with Gasteiger partial charge in [0, 0.05) is 30.2 Å². The summed E-state index contributed by atoms with van der Waals surface area (Å²) in [5, 5.41) is 4.13. The zero-order valence-corrected chi connectivity index (χ0v) is 24.7. The molecule has 0 bridgehead atoms. The summed E-state index contributed by atoms with van der Waals surface area (Å²) in [5.41, 5.74) is 0. The Morgan fingerprint density at radius 3 is 1.71 bits per heavy atom. The van der Waals surface area contributed by atoms with Crippen LogP contribution >= 0.6 is 0 Å². The van der Waals surface area contributed by atoms with Crippen LogP contribution in [0.5, 0.6) is 0 Å². The number of nitrogens with zero attached hydrogens (tertiary/aromatic N) is 1. The first kappa shape index (κ1) is 25.6. The zero-order valence-electron chi connectivity index (χ0n) is 24.7. The van der Waals surface area contributed by atoms with Gasteiger partial charge in [-0.1, -0.05) is 44.9 Å². The monoisotopic (exact) mass is 520 g/mol. The van der Waals surface area contributed by atoms with Gasteiger partial charge in [0.25, 0.3) is 0 Å². The van der Waals surface area contributed by atoms with Crippen LogP contribution < -0.4 is 5.32 Å². The highest BCUT2D eigenvalue weighted by Crippen LogP contribution is 2.55. The minimum atomic E-state index is 0.897.